The number of carbonyl (C=O) groups is 1. The van der Waals surface area contributed by atoms with E-state index in [9.17, 15) is 14.9 Å². The molecule has 0 aliphatic carbocycles. The van der Waals surface area contributed by atoms with Crippen LogP contribution in [0.15, 0.2) is 23.4 Å². The first-order valence-corrected chi connectivity index (χ1v) is 11.4. The van der Waals surface area contributed by atoms with Crippen LogP contribution < -0.4 is 10.1 Å². The second kappa shape index (κ2) is 10.4. The number of fused-ring (bicyclic) bond motifs is 1. The Bertz CT molecular complexity index is 1150. The Morgan fingerprint density at radius 1 is 1.28 bits per heavy atom. The maximum Gasteiger partial charge on any atom is 0.296 e. The molecule has 2 heterocycles. The van der Waals surface area contributed by atoms with Crippen LogP contribution in [0.1, 0.15) is 43.6 Å². The van der Waals surface area contributed by atoms with Crippen LogP contribution in [0.4, 0.5) is 11.4 Å². The number of aryl methyl sites for hydroxylation is 2. The highest BCUT2D eigenvalue weighted by molar-refractivity contribution is 7.99. The number of carbonyl (C=O) groups excluding carboxylic acids is 1. The molecule has 1 aromatic carbocycles. The molecule has 11 heteroatoms. The summed E-state index contributed by atoms with van der Waals surface area (Å²) in [6.45, 7) is 8.29. The Hall–Kier alpha value is -3.21. The summed E-state index contributed by atoms with van der Waals surface area (Å²) in [7, 11) is 0. The van der Waals surface area contributed by atoms with Crippen molar-refractivity contribution in [3.63, 3.8) is 0 Å². The van der Waals surface area contributed by atoms with Gasteiger partial charge in [0.15, 0.2) is 0 Å². The number of nitro groups is 1. The van der Waals surface area contributed by atoms with Gasteiger partial charge in [0, 0.05) is 11.4 Å². The number of hydrogen-bond donors (Lipinski definition) is 1. The number of unbranched alkanes of at least 4 members (excludes halogenated alkanes) is 1. The molecule has 2 aromatic heterocycles. The van der Waals surface area contributed by atoms with Crippen molar-refractivity contribution in [3.8, 4) is 5.75 Å². The summed E-state index contributed by atoms with van der Waals surface area (Å²) >= 11 is 1.15. The van der Waals surface area contributed by atoms with Crippen LogP contribution in [0.25, 0.3) is 5.78 Å². The molecule has 1 amide bonds. The predicted octanol–water partition coefficient (Wildman–Crippen LogP) is 4.12. The molecule has 0 spiro atoms. The van der Waals surface area contributed by atoms with E-state index in [1.165, 1.54) is 17.7 Å². The van der Waals surface area contributed by atoms with Gasteiger partial charge in [-0.2, -0.15) is 4.98 Å². The van der Waals surface area contributed by atoms with Gasteiger partial charge in [-0.3, -0.25) is 14.9 Å². The smallest absolute Gasteiger partial charge is 0.296 e. The second-order valence-electron chi connectivity index (χ2n) is 7.18. The van der Waals surface area contributed by atoms with Crippen molar-refractivity contribution in [3.05, 3.63) is 45.3 Å². The molecule has 3 rings (SSSR count). The summed E-state index contributed by atoms with van der Waals surface area (Å²) in [5, 5.41) is 18.8. The van der Waals surface area contributed by atoms with Crippen LogP contribution in [-0.2, 0) is 11.2 Å². The van der Waals surface area contributed by atoms with E-state index in [0.29, 0.717) is 23.3 Å². The van der Waals surface area contributed by atoms with Crippen molar-refractivity contribution in [2.75, 3.05) is 17.7 Å². The summed E-state index contributed by atoms with van der Waals surface area (Å²) in [5.74, 6) is 0.468. The average Bonchev–Trinajstić information content (AvgIpc) is 3.16. The van der Waals surface area contributed by atoms with Gasteiger partial charge in [0.25, 0.3) is 11.5 Å². The van der Waals surface area contributed by atoms with Gasteiger partial charge in [-0.15, -0.1) is 5.10 Å². The van der Waals surface area contributed by atoms with Crippen LogP contribution in [0.5, 0.6) is 5.75 Å². The van der Waals surface area contributed by atoms with Crippen molar-refractivity contribution < 1.29 is 14.5 Å². The number of benzene rings is 1. The minimum atomic E-state index is -0.554. The number of rotatable bonds is 10. The molecule has 0 saturated heterocycles. The molecule has 3 aromatic rings. The third-order valence-corrected chi connectivity index (χ3v) is 5.73. The molecule has 32 heavy (non-hydrogen) atoms. The lowest BCUT2D eigenvalue weighted by Crippen LogP contribution is -2.15. The Labute approximate surface area is 189 Å². The third kappa shape index (κ3) is 5.34. The molecule has 170 valence electrons. The fourth-order valence-corrected chi connectivity index (χ4v) is 3.93. The number of hydrogen-bond acceptors (Lipinski definition) is 8. The van der Waals surface area contributed by atoms with Crippen molar-refractivity contribution in [2.45, 2.75) is 52.1 Å². The zero-order chi connectivity index (χ0) is 23.3. The lowest BCUT2D eigenvalue weighted by atomic mass is 10.1. The lowest BCUT2D eigenvalue weighted by molar-refractivity contribution is -0.384. The lowest BCUT2D eigenvalue weighted by Gasteiger charge is -2.09. The highest BCUT2D eigenvalue weighted by atomic mass is 32.2. The van der Waals surface area contributed by atoms with E-state index < -0.39 is 10.8 Å². The van der Waals surface area contributed by atoms with Gasteiger partial charge in [-0.25, -0.2) is 9.50 Å². The van der Waals surface area contributed by atoms with Crippen molar-refractivity contribution in [2.24, 2.45) is 0 Å². The van der Waals surface area contributed by atoms with Crippen LogP contribution in [0, 0.1) is 24.0 Å². The van der Waals surface area contributed by atoms with Crippen molar-refractivity contribution in [1.82, 2.24) is 19.6 Å². The van der Waals surface area contributed by atoms with Gasteiger partial charge in [-0.1, -0.05) is 25.1 Å². The number of ether oxygens (including phenoxy) is 1. The predicted molar refractivity (Wildman–Crippen MR) is 122 cm³/mol. The molecule has 0 aliphatic rings. The van der Waals surface area contributed by atoms with Crippen molar-refractivity contribution in [1.29, 1.82) is 0 Å². The fraction of sp³-hybridized carbons (Fsp3) is 0.429. The average molecular weight is 459 g/mol. The number of nitrogens with zero attached hydrogens (tertiary/aromatic N) is 5. The first kappa shape index (κ1) is 23.5. The Kier molecular flexibility index (Phi) is 7.62. The summed E-state index contributed by atoms with van der Waals surface area (Å²) in [6.07, 6.45) is 3.10. The maximum atomic E-state index is 12.4. The van der Waals surface area contributed by atoms with E-state index in [1.54, 1.807) is 17.5 Å². The maximum absolute atomic E-state index is 12.4. The zero-order valence-electron chi connectivity index (χ0n) is 18.5. The topological polar surface area (TPSA) is 125 Å². The van der Waals surface area contributed by atoms with E-state index in [0.717, 1.165) is 42.4 Å². The van der Waals surface area contributed by atoms with E-state index in [2.05, 4.69) is 27.3 Å². The molecule has 10 nitrogen and oxygen atoms in total. The van der Waals surface area contributed by atoms with Crippen LogP contribution >= 0.6 is 11.8 Å². The number of thioether (sulfide) groups is 1. The molecule has 1 N–H and O–H groups in total. The Morgan fingerprint density at radius 3 is 2.75 bits per heavy atom. The van der Waals surface area contributed by atoms with Gasteiger partial charge in [0.2, 0.25) is 11.1 Å². The van der Waals surface area contributed by atoms with Gasteiger partial charge >= 0.3 is 0 Å². The SMILES string of the molecule is CCCCc1c(C)nc2nc(SCC(=O)Nc3ccc(OCC)cc3[N+](=O)[O-])nn2c1C. The van der Waals surface area contributed by atoms with Crippen LogP contribution in [-0.4, -0.2) is 42.8 Å². The molecule has 0 atom stereocenters. The third-order valence-electron chi connectivity index (χ3n) is 4.89. The number of nitro benzene ring substituents is 1. The largest absolute Gasteiger partial charge is 0.494 e. The summed E-state index contributed by atoms with van der Waals surface area (Å²) in [5.41, 5.74) is 2.99. The Morgan fingerprint density at radius 2 is 2.06 bits per heavy atom. The number of aromatic nitrogens is 4. The van der Waals surface area contributed by atoms with E-state index in [-0.39, 0.29) is 17.1 Å². The quantitative estimate of drug-likeness (QED) is 0.273. The first-order valence-electron chi connectivity index (χ1n) is 10.4. The minimum absolute atomic E-state index is 0.00195. The second-order valence-corrected chi connectivity index (χ2v) is 8.12. The van der Waals surface area contributed by atoms with Gasteiger partial charge in [-0.05, 0) is 51.3 Å². The zero-order valence-corrected chi connectivity index (χ0v) is 19.4. The van der Waals surface area contributed by atoms with Gasteiger partial charge < -0.3 is 10.1 Å². The Balaban J connectivity index is 1.71. The number of nitrogens with one attached hydrogen (secondary N) is 1. The van der Waals surface area contributed by atoms with E-state index >= 15 is 0 Å². The molecular weight excluding hydrogens is 432 g/mol. The van der Waals surface area contributed by atoms with Crippen molar-refractivity contribution >= 4 is 34.8 Å². The highest BCUT2D eigenvalue weighted by Crippen LogP contribution is 2.29. The minimum Gasteiger partial charge on any atom is -0.494 e. The molecule has 0 unspecified atom stereocenters. The molecule has 0 bridgehead atoms. The molecule has 0 saturated carbocycles. The molecule has 0 fully saturated rings. The number of anilines is 1. The summed E-state index contributed by atoms with van der Waals surface area (Å²) < 4.78 is 7.00. The van der Waals surface area contributed by atoms with Gasteiger partial charge in [0.05, 0.1) is 23.3 Å². The summed E-state index contributed by atoms with van der Waals surface area (Å²) in [4.78, 5) is 32.2. The summed E-state index contributed by atoms with van der Waals surface area (Å²) in [6, 6.07) is 4.33. The standard InChI is InChI=1S/C21H26N6O4S/c1-5-7-8-16-13(3)22-20-24-21(25-26(20)14(16)4)32-12-19(28)23-17-10-9-15(31-6-2)11-18(17)27(29)30/h9-11H,5-8,12H2,1-4H3,(H,23,28). The monoisotopic (exact) mass is 458 g/mol. The molecular formula is C21H26N6O4S. The van der Waals surface area contributed by atoms with Crippen LogP contribution in [0.3, 0.4) is 0 Å². The normalized spacial score (nSPS) is 11.0. The molecule has 0 radical (unpaired) electrons. The fourth-order valence-electron chi connectivity index (χ4n) is 3.31. The number of amides is 1. The first-order chi connectivity index (χ1) is 15.3. The highest BCUT2D eigenvalue weighted by Gasteiger charge is 2.19. The van der Waals surface area contributed by atoms with E-state index in [1.807, 2.05) is 13.8 Å². The van der Waals surface area contributed by atoms with Gasteiger partial charge in [0.1, 0.15) is 11.4 Å². The van der Waals surface area contributed by atoms with Crippen LogP contribution in [0.2, 0.25) is 0 Å². The molecule has 0 aliphatic heterocycles. The van der Waals surface area contributed by atoms with E-state index in [4.69, 9.17) is 4.74 Å².